The van der Waals surface area contributed by atoms with Crippen LogP contribution in [-0.2, 0) is 0 Å². The molecule has 0 aliphatic carbocycles. The Bertz CT molecular complexity index is 341. The van der Waals surface area contributed by atoms with Crippen LogP contribution in [0.4, 0.5) is 10.1 Å². The molecule has 0 aliphatic rings. The molecule has 1 unspecified atom stereocenters. The van der Waals surface area contributed by atoms with E-state index in [1.807, 2.05) is 6.07 Å². The molecule has 1 N–H and O–H groups in total. The second-order valence-electron chi connectivity index (χ2n) is 4.42. The van der Waals surface area contributed by atoms with E-state index < -0.39 is 0 Å². The van der Waals surface area contributed by atoms with E-state index in [4.69, 9.17) is 0 Å². The summed E-state index contributed by atoms with van der Waals surface area (Å²) in [4.78, 5) is 0. The third kappa shape index (κ3) is 5.23. The molecule has 0 aromatic heterocycles. The Kier molecular flexibility index (Phi) is 6.85. The molecule has 1 nitrogen and oxygen atoms in total. The van der Waals surface area contributed by atoms with Gasteiger partial charge in [-0.2, -0.15) is 0 Å². The number of nitrogens with one attached hydrogen (secondary N) is 1. The minimum Gasteiger partial charge on any atom is -0.384 e. The molecule has 0 spiro atoms. The van der Waals surface area contributed by atoms with E-state index in [9.17, 15) is 4.39 Å². The van der Waals surface area contributed by atoms with E-state index in [1.54, 1.807) is 6.07 Å². The Morgan fingerprint density at radius 2 is 2.12 bits per heavy atom. The second kappa shape index (κ2) is 7.90. The molecule has 1 aromatic carbocycles. The smallest absolute Gasteiger partial charge is 0.124 e. The lowest BCUT2D eigenvalue weighted by molar-refractivity contribution is 0.472. The fraction of sp³-hybridized carbons (Fsp3) is 0.571. The molecule has 0 amide bonds. The monoisotopic (exact) mass is 349 g/mol. The van der Waals surface area contributed by atoms with Crippen LogP contribution in [0.1, 0.15) is 39.5 Å². The van der Waals surface area contributed by atoms with Crippen molar-refractivity contribution in [3.63, 3.8) is 0 Å². The Hall–Kier alpha value is -0.320. The fourth-order valence-corrected chi connectivity index (χ4v) is 2.50. The lowest BCUT2D eigenvalue weighted by Crippen LogP contribution is -2.14. The van der Waals surface area contributed by atoms with E-state index in [-0.39, 0.29) is 5.82 Å². The van der Waals surface area contributed by atoms with Crippen molar-refractivity contribution in [2.24, 2.45) is 5.92 Å². The van der Waals surface area contributed by atoms with Crippen LogP contribution in [0.25, 0.3) is 0 Å². The van der Waals surface area contributed by atoms with Crippen LogP contribution < -0.4 is 5.32 Å². The normalized spacial score (nSPS) is 12.5. The van der Waals surface area contributed by atoms with Gasteiger partial charge in [-0.15, -0.1) is 0 Å². The van der Waals surface area contributed by atoms with Crippen molar-refractivity contribution in [3.05, 3.63) is 27.6 Å². The molecule has 0 aliphatic heterocycles. The number of rotatable bonds is 7. The Balaban J connectivity index is 2.47. The first-order chi connectivity index (χ1) is 8.17. The molecule has 0 radical (unpaired) electrons. The number of benzene rings is 1. The zero-order valence-electron chi connectivity index (χ0n) is 10.6. The number of hydrogen-bond acceptors (Lipinski definition) is 1. The van der Waals surface area contributed by atoms with Crippen molar-refractivity contribution in [2.75, 3.05) is 11.9 Å². The maximum absolute atomic E-state index is 12.9. The largest absolute Gasteiger partial charge is 0.384 e. The highest BCUT2D eigenvalue weighted by atomic mass is 127. The summed E-state index contributed by atoms with van der Waals surface area (Å²) in [7, 11) is 0. The first kappa shape index (κ1) is 14.7. The molecule has 0 fully saturated rings. The van der Waals surface area contributed by atoms with Gasteiger partial charge < -0.3 is 5.32 Å². The number of halogens is 2. The van der Waals surface area contributed by atoms with E-state index in [1.165, 1.54) is 31.7 Å². The van der Waals surface area contributed by atoms with Gasteiger partial charge in [0.2, 0.25) is 0 Å². The molecule has 0 heterocycles. The van der Waals surface area contributed by atoms with Gasteiger partial charge in [0.05, 0.1) is 0 Å². The van der Waals surface area contributed by atoms with Crippen LogP contribution in [0.3, 0.4) is 0 Å². The van der Waals surface area contributed by atoms with Gasteiger partial charge in [0.15, 0.2) is 0 Å². The molecule has 0 saturated carbocycles. The van der Waals surface area contributed by atoms with Gasteiger partial charge in [-0.25, -0.2) is 4.39 Å². The maximum atomic E-state index is 12.9. The van der Waals surface area contributed by atoms with Gasteiger partial charge in [0.25, 0.3) is 0 Å². The van der Waals surface area contributed by atoms with Crippen LogP contribution in [0.15, 0.2) is 18.2 Å². The van der Waals surface area contributed by atoms with Gasteiger partial charge in [-0.1, -0.05) is 33.1 Å². The van der Waals surface area contributed by atoms with E-state index in [2.05, 4.69) is 41.8 Å². The van der Waals surface area contributed by atoms with Crippen LogP contribution in [0, 0.1) is 15.3 Å². The predicted octanol–water partition coefficient (Wildman–Crippen LogP) is 5.06. The highest BCUT2D eigenvalue weighted by Gasteiger charge is 2.07. The minimum absolute atomic E-state index is 0.169. The van der Waals surface area contributed by atoms with Crippen LogP contribution in [0.5, 0.6) is 0 Å². The Labute approximate surface area is 117 Å². The zero-order chi connectivity index (χ0) is 12.7. The highest BCUT2D eigenvalue weighted by molar-refractivity contribution is 14.1. The molecule has 3 heteroatoms. The number of unbranched alkanes of at least 4 members (excludes halogenated alkanes) is 1. The molecule has 0 bridgehead atoms. The molecule has 0 saturated heterocycles. The van der Waals surface area contributed by atoms with Crippen molar-refractivity contribution in [2.45, 2.75) is 39.5 Å². The highest BCUT2D eigenvalue weighted by Crippen LogP contribution is 2.20. The summed E-state index contributed by atoms with van der Waals surface area (Å²) in [5.74, 6) is 0.550. The Morgan fingerprint density at radius 1 is 1.35 bits per heavy atom. The van der Waals surface area contributed by atoms with E-state index >= 15 is 0 Å². The van der Waals surface area contributed by atoms with Crippen molar-refractivity contribution >= 4 is 28.3 Å². The average molecular weight is 349 g/mol. The molecular formula is C14H21FIN. The first-order valence-corrected chi connectivity index (χ1v) is 7.44. The van der Waals surface area contributed by atoms with Gasteiger partial charge >= 0.3 is 0 Å². The Morgan fingerprint density at radius 3 is 2.71 bits per heavy atom. The van der Waals surface area contributed by atoms with Crippen LogP contribution >= 0.6 is 22.6 Å². The minimum atomic E-state index is -0.169. The predicted molar refractivity (Wildman–Crippen MR) is 80.9 cm³/mol. The van der Waals surface area contributed by atoms with Crippen LogP contribution in [0.2, 0.25) is 0 Å². The summed E-state index contributed by atoms with van der Waals surface area (Å²) in [6.45, 7) is 5.44. The maximum Gasteiger partial charge on any atom is 0.124 e. The third-order valence-corrected chi connectivity index (χ3v) is 3.95. The summed E-state index contributed by atoms with van der Waals surface area (Å²) in [5.41, 5.74) is 1.04. The molecule has 96 valence electrons. The summed E-state index contributed by atoms with van der Waals surface area (Å²) in [6, 6.07) is 4.90. The molecule has 1 aromatic rings. The quantitative estimate of drug-likeness (QED) is 0.679. The zero-order valence-corrected chi connectivity index (χ0v) is 12.8. The number of anilines is 1. The van der Waals surface area contributed by atoms with Crippen molar-refractivity contribution in [3.8, 4) is 0 Å². The van der Waals surface area contributed by atoms with Gasteiger partial charge in [-0.05, 0) is 53.1 Å². The molecule has 1 rings (SSSR count). The van der Waals surface area contributed by atoms with Crippen molar-refractivity contribution in [1.82, 2.24) is 0 Å². The van der Waals surface area contributed by atoms with Crippen molar-refractivity contribution in [1.29, 1.82) is 0 Å². The summed E-state index contributed by atoms with van der Waals surface area (Å²) in [6.07, 6.45) is 5.02. The fourth-order valence-electron chi connectivity index (χ4n) is 1.83. The van der Waals surface area contributed by atoms with Gasteiger partial charge in [0.1, 0.15) is 5.82 Å². The summed E-state index contributed by atoms with van der Waals surface area (Å²) >= 11 is 2.17. The van der Waals surface area contributed by atoms with E-state index in [0.717, 1.165) is 21.7 Å². The van der Waals surface area contributed by atoms with Gasteiger partial charge in [-0.3, -0.25) is 0 Å². The van der Waals surface area contributed by atoms with Gasteiger partial charge in [0, 0.05) is 15.8 Å². The molecular weight excluding hydrogens is 328 g/mol. The standard InChI is InChI=1S/C14H21FIN/c1-3-5-6-11(4-2)10-17-14-8-7-12(15)9-13(14)16/h7-9,11,17H,3-6,10H2,1-2H3. The second-order valence-corrected chi connectivity index (χ2v) is 5.58. The third-order valence-electron chi connectivity index (χ3n) is 3.06. The lowest BCUT2D eigenvalue weighted by atomic mass is 9.99. The molecule has 17 heavy (non-hydrogen) atoms. The topological polar surface area (TPSA) is 12.0 Å². The molecule has 1 atom stereocenters. The van der Waals surface area contributed by atoms with Crippen molar-refractivity contribution < 1.29 is 4.39 Å². The summed E-state index contributed by atoms with van der Waals surface area (Å²) < 4.78 is 13.9. The lowest BCUT2D eigenvalue weighted by Gasteiger charge is -2.17. The average Bonchev–Trinajstić information content (AvgIpc) is 2.31. The first-order valence-electron chi connectivity index (χ1n) is 6.36. The number of hydrogen-bond donors (Lipinski definition) is 1. The summed E-state index contributed by atoms with van der Waals surface area (Å²) in [5, 5.41) is 3.43. The SMILES string of the molecule is CCCCC(CC)CNc1ccc(F)cc1I. The van der Waals surface area contributed by atoms with Crippen LogP contribution in [-0.4, -0.2) is 6.54 Å². The van der Waals surface area contributed by atoms with E-state index in [0.29, 0.717) is 0 Å².